The van der Waals surface area contributed by atoms with Gasteiger partial charge in [-0.2, -0.15) is 0 Å². The van der Waals surface area contributed by atoms with Crippen molar-refractivity contribution in [2.75, 3.05) is 20.6 Å². The van der Waals surface area contributed by atoms with E-state index < -0.39 is 0 Å². The molecule has 3 rings (SSSR count). The first-order valence-electron chi connectivity index (χ1n) is 7.03. The van der Waals surface area contributed by atoms with Crippen LogP contribution in [0.25, 0.3) is 27.8 Å². The first-order valence-corrected chi connectivity index (χ1v) is 7.03. The molecule has 0 amide bonds. The van der Waals surface area contributed by atoms with Crippen LogP contribution < -0.4 is 0 Å². The van der Waals surface area contributed by atoms with E-state index in [0.29, 0.717) is 17.9 Å². The number of aromatic nitrogens is 1. The second-order valence-corrected chi connectivity index (χ2v) is 5.43. The predicted octanol–water partition coefficient (Wildman–Crippen LogP) is 3.27. The number of rotatable bonds is 4. The number of likely N-dealkylation sites (N-methyl/N-ethyl adjacent to an activating group) is 1. The molecule has 1 aromatic heterocycles. The van der Waals surface area contributed by atoms with Crippen LogP contribution in [0, 0.1) is 0 Å². The molecule has 0 saturated carbocycles. The van der Waals surface area contributed by atoms with Gasteiger partial charge in [-0.05, 0) is 31.8 Å². The number of benzene rings is 2. The maximum absolute atomic E-state index is 11.2. The van der Waals surface area contributed by atoms with Gasteiger partial charge in [-0.1, -0.05) is 41.6 Å². The van der Waals surface area contributed by atoms with Gasteiger partial charge in [0, 0.05) is 12.1 Å². The molecule has 0 unspecified atom stereocenters. The maximum atomic E-state index is 11.2. The van der Waals surface area contributed by atoms with Crippen molar-refractivity contribution in [2.45, 2.75) is 0 Å². The van der Waals surface area contributed by atoms with Gasteiger partial charge in [0.15, 0.2) is 5.76 Å². The van der Waals surface area contributed by atoms with Crippen LogP contribution in [-0.2, 0) is 4.79 Å². The van der Waals surface area contributed by atoms with E-state index in [-0.39, 0.29) is 0 Å². The van der Waals surface area contributed by atoms with E-state index in [9.17, 15) is 4.79 Å². The molecule has 0 bridgehead atoms. The number of fused-ring (bicyclic) bond motifs is 1. The maximum Gasteiger partial charge on any atom is 0.174 e. The van der Waals surface area contributed by atoms with Crippen LogP contribution in [0.2, 0.25) is 0 Å². The lowest BCUT2D eigenvalue weighted by Gasteiger charge is -2.10. The lowest BCUT2D eigenvalue weighted by atomic mass is 10.0. The molecular weight excluding hydrogens is 276 g/mol. The lowest BCUT2D eigenvalue weighted by Crippen LogP contribution is -2.14. The van der Waals surface area contributed by atoms with Crippen LogP contribution in [0.1, 0.15) is 5.56 Å². The molecule has 1 heterocycles. The molecule has 0 radical (unpaired) electrons. The zero-order valence-electron chi connectivity index (χ0n) is 12.5. The van der Waals surface area contributed by atoms with Crippen molar-refractivity contribution >= 4 is 22.4 Å². The summed E-state index contributed by atoms with van der Waals surface area (Å²) in [5, 5.41) is 4.99. The second-order valence-electron chi connectivity index (χ2n) is 5.43. The minimum Gasteiger partial charge on any atom is -0.355 e. The van der Waals surface area contributed by atoms with Crippen LogP contribution in [0.15, 0.2) is 53.1 Å². The highest BCUT2D eigenvalue weighted by Gasteiger charge is 2.13. The summed E-state index contributed by atoms with van der Waals surface area (Å²) < 4.78 is 5.48. The summed E-state index contributed by atoms with van der Waals surface area (Å²) in [7, 11) is 3.84. The Labute approximate surface area is 128 Å². The molecular formula is C18H16N2O2. The summed E-state index contributed by atoms with van der Waals surface area (Å²) in [6.45, 7) is 0.543. The summed E-state index contributed by atoms with van der Waals surface area (Å²) >= 11 is 0. The summed E-state index contributed by atoms with van der Waals surface area (Å²) in [6.07, 6.45) is 0. The highest BCUT2D eigenvalue weighted by atomic mass is 16.5. The minimum atomic E-state index is 0.543. The van der Waals surface area contributed by atoms with Gasteiger partial charge in [-0.15, -0.1) is 0 Å². The van der Waals surface area contributed by atoms with Crippen LogP contribution in [0.3, 0.4) is 0 Å². The Morgan fingerprint density at radius 1 is 1.18 bits per heavy atom. The fourth-order valence-corrected chi connectivity index (χ4v) is 2.43. The summed E-state index contributed by atoms with van der Waals surface area (Å²) in [6, 6.07) is 15.5. The minimum absolute atomic E-state index is 0.543. The average Bonchev–Trinajstić information content (AvgIpc) is 2.96. The Balaban J connectivity index is 2.11. The van der Waals surface area contributed by atoms with E-state index in [1.165, 1.54) is 0 Å². The predicted molar refractivity (Wildman–Crippen MR) is 87.1 cm³/mol. The largest absolute Gasteiger partial charge is 0.355 e. The Kier molecular flexibility index (Phi) is 3.88. The van der Waals surface area contributed by atoms with E-state index in [0.717, 1.165) is 22.0 Å². The van der Waals surface area contributed by atoms with Gasteiger partial charge in [-0.3, -0.25) is 0 Å². The summed E-state index contributed by atoms with van der Waals surface area (Å²) in [4.78, 5) is 13.2. The van der Waals surface area contributed by atoms with Gasteiger partial charge in [0.25, 0.3) is 0 Å². The average molecular weight is 292 g/mol. The smallest absolute Gasteiger partial charge is 0.174 e. The van der Waals surface area contributed by atoms with Crippen LogP contribution in [0.5, 0.6) is 0 Å². The molecule has 110 valence electrons. The van der Waals surface area contributed by atoms with Crippen molar-refractivity contribution in [3.8, 4) is 11.3 Å². The van der Waals surface area contributed by atoms with E-state index in [4.69, 9.17) is 4.52 Å². The zero-order chi connectivity index (χ0) is 15.5. The number of nitrogens with zero attached hydrogens (tertiary/aromatic N) is 2. The van der Waals surface area contributed by atoms with E-state index in [2.05, 4.69) is 5.16 Å². The topological polar surface area (TPSA) is 46.3 Å². The van der Waals surface area contributed by atoms with Crippen molar-refractivity contribution in [1.82, 2.24) is 10.1 Å². The van der Waals surface area contributed by atoms with Crippen LogP contribution in [-0.4, -0.2) is 36.6 Å². The second kappa shape index (κ2) is 5.98. The van der Waals surface area contributed by atoms with Crippen molar-refractivity contribution in [3.05, 3.63) is 54.1 Å². The molecule has 4 nitrogen and oxygen atoms in total. The van der Waals surface area contributed by atoms with Crippen molar-refractivity contribution in [3.63, 3.8) is 0 Å². The van der Waals surface area contributed by atoms with Gasteiger partial charge < -0.3 is 9.42 Å². The summed E-state index contributed by atoms with van der Waals surface area (Å²) in [5.41, 5.74) is 3.20. The molecule has 2 aromatic carbocycles. The van der Waals surface area contributed by atoms with E-state index >= 15 is 0 Å². The van der Waals surface area contributed by atoms with Crippen LogP contribution >= 0.6 is 0 Å². The monoisotopic (exact) mass is 292 g/mol. The highest BCUT2D eigenvalue weighted by molar-refractivity contribution is 5.97. The van der Waals surface area contributed by atoms with Crippen molar-refractivity contribution in [1.29, 1.82) is 0 Å². The third-order valence-electron chi connectivity index (χ3n) is 3.46. The summed E-state index contributed by atoms with van der Waals surface area (Å²) in [5.74, 6) is 2.76. The number of carbonyl (C=O) groups excluding carboxylic acids is 1. The fraction of sp³-hybridized carbons (Fsp3) is 0.167. The molecule has 4 heteroatoms. The molecule has 0 fully saturated rings. The Hall–Kier alpha value is -2.68. The van der Waals surface area contributed by atoms with E-state index in [1.54, 1.807) is 0 Å². The van der Waals surface area contributed by atoms with Gasteiger partial charge in [-0.25, -0.2) is 4.79 Å². The molecule has 0 aliphatic heterocycles. The first-order chi connectivity index (χ1) is 10.7. The van der Waals surface area contributed by atoms with Gasteiger partial charge in [0.2, 0.25) is 0 Å². The SMILES string of the molecule is CN(C)CC(=C=O)c1ccc2noc(-c3ccccc3)c2c1. The highest BCUT2D eigenvalue weighted by Crippen LogP contribution is 2.30. The van der Waals surface area contributed by atoms with E-state index in [1.807, 2.05) is 73.5 Å². The molecule has 0 aliphatic rings. The zero-order valence-corrected chi connectivity index (χ0v) is 12.5. The molecule has 0 aliphatic carbocycles. The molecule has 22 heavy (non-hydrogen) atoms. The van der Waals surface area contributed by atoms with Gasteiger partial charge in [0.1, 0.15) is 11.5 Å². The van der Waals surface area contributed by atoms with Crippen molar-refractivity contribution < 1.29 is 9.32 Å². The molecule has 0 atom stereocenters. The molecule has 0 saturated heterocycles. The standard InChI is InChI=1S/C18H16N2O2/c1-20(2)11-15(12-21)14-8-9-17-16(10-14)18(22-19-17)13-6-4-3-5-7-13/h3-10H,11H2,1-2H3. The fourth-order valence-electron chi connectivity index (χ4n) is 2.43. The van der Waals surface area contributed by atoms with Gasteiger partial charge in [0.05, 0.1) is 11.0 Å². The third-order valence-corrected chi connectivity index (χ3v) is 3.46. The van der Waals surface area contributed by atoms with Crippen molar-refractivity contribution in [2.24, 2.45) is 0 Å². The first kappa shape index (κ1) is 14.3. The van der Waals surface area contributed by atoms with Gasteiger partial charge >= 0.3 is 0 Å². The molecule has 0 spiro atoms. The Bertz CT molecular complexity index is 844. The lowest BCUT2D eigenvalue weighted by molar-refractivity contribution is 0.441. The normalized spacial score (nSPS) is 10.9. The van der Waals surface area contributed by atoms with Crippen LogP contribution in [0.4, 0.5) is 0 Å². The third kappa shape index (κ3) is 2.70. The Morgan fingerprint density at radius 2 is 1.95 bits per heavy atom. The number of hydrogen-bond acceptors (Lipinski definition) is 4. The quantitative estimate of drug-likeness (QED) is 0.692. The molecule has 3 aromatic rings. The number of hydrogen-bond donors (Lipinski definition) is 0. The molecule has 0 N–H and O–H groups in total. The Morgan fingerprint density at radius 3 is 2.64 bits per heavy atom.